The van der Waals surface area contributed by atoms with Gasteiger partial charge in [-0.1, -0.05) is 6.92 Å². The van der Waals surface area contributed by atoms with Gasteiger partial charge in [0.1, 0.15) is 0 Å². The fourth-order valence-corrected chi connectivity index (χ4v) is 1.62. The molecule has 4 nitrogen and oxygen atoms in total. The minimum Gasteiger partial charge on any atom is -0.379 e. The number of rotatable bonds is 2. The zero-order chi connectivity index (χ0) is 10.6. The summed E-state index contributed by atoms with van der Waals surface area (Å²) in [5.41, 5.74) is 5.73. The average molecular weight is 200 g/mol. The van der Waals surface area contributed by atoms with Crippen LogP contribution in [-0.4, -0.2) is 42.6 Å². The summed E-state index contributed by atoms with van der Waals surface area (Å²) < 4.78 is 5.37. The molecule has 1 saturated heterocycles. The van der Waals surface area contributed by atoms with Crippen molar-refractivity contribution in [3.05, 3.63) is 0 Å². The molecule has 2 unspecified atom stereocenters. The van der Waals surface area contributed by atoms with Crippen molar-refractivity contribution in [3.63, 3.8) is 0 Å². The van der Waals surface area contributed by atoms with E-state index >= 15 is 0 Å². The van der Waals surface area contributed by atoms with Gasteiger partial charge in [-0.05, 0) is 19.8 Å². The van der Waals surface area contributed by atoms with Gasteiger partial charge in [0.05, 0.1) is 18.7 Å². The zero-order valence-electron chi connectivity index (χ0n) is 9.03. The molecule has 0 bridgehead atoms. The van der Waals surface area contributed by atoms with Crippen molar-refractivity contribution in [2.75, 3.05) is 19.8 Å². The van der Waals surface area contributed by atoms with Crippen LogP contribution in [0.3, 0.4) is 0 Å². The van der Waals surface area contributed by atoms with Crippen LogP contribution in [0.5, 0.6) is 0 Å². The minimum atomic E-state index is -0.351. The Hall–Kier alpha value is -0.610. The quantitative estimate of drug-likeness (QED) is 0.700. The maximum absolute atomic E-state index is 11.8. The van der Waals surface area contributed by atoms with Gasteiger partial charge in [0.2, 0.25) is 5.91 Å². The molecule has 2 N–H and O–H groups in total. The molecule has 0 aromatic carbocycles. The van der Waals surface area contributed by atoms with Crippen molar-refractivity contribution in [2.24, 2.45) is 5.73 Å². The van der Waals surface area contributed by atoms with Crippen molar-refractivity contribution in [3.8, 4) is 0 Å². The van der Waals surface area contributed by atoms with E-state index in [0.717, 1.165) is 19.6 Å². The highest BCUT2D eigenvalue weighted by Gasteiger charge is 2.25. The van der Waals surface area contributed by atoms with Crippen LogP contribution in [0.25, 0.3) is 0 Å². The maximum Gasteiger partial charge on any atom is 0.239 e. The van der Waals surface area contributed by atoms with E-state index in [1.165, 1.54) is 0 Å². The van der Waals surface area contributed by atoms with Crippen LogP contribution in [0.1, 0.15) is 26.7 Å². The van der Waals surface area contributed by atoms with Crippen LogP contribution in [0.15, 0.2) is 0 Å². The lowest BCUT2D eigenvalue weighted by Gasteiger charge is -2.28. The molecule has 0 saturated carbocycles. The summed E-state index contributed by atoms with van der Waals surface area (Å²) in [4.78, 5) is 13.7. The van der Waals surface area contributed by atoms with Crippen LogP contribution in [0.4, 0.5) is 0 Å². The third-order valence-electron chi connectivity index (χ3n) is 2.62. The SMILES string of the molecule is CCC(N)C(=O)N1CCCOCC1C. The Balaban J connectivity index is 2.58. The molecule has 0 spiro atoms. The first-order chi connectivity index (χ1) is 6.66. The van der Waals surface area contributed by atoms with Crippen molar-refractivity contribution >= 4 is 5.91 Å². The number of nitrogens with zero attached hydrogens (tertiary/aromatic N) is 1. The number of hydrogen-bond donors (Lipinski definition) is 1. The van der Waals surface area contributed by atoms with Gasteiger partial charge in [-0.2, -0.15) is 0 Å². The van der Waals surface area contributed by atoms with Crippen molar-refractivity contribution in [1.29, 1.82) is 0 Å². The molecule has 0 aromatic rings. The lowest BCUT2D eigenvalue weighted by Crippen LogP contribution is -2.48. The van der Waals surface area contributed by atoms with Crippen LogP contribution in [-0.2, 0) is 9.53 Å². The second-order valence-corrected chi connectivity index (χ2v) is 3.82. The summed E-state index contributed by atoms with van der Waals surface area (Å²) in [7, 11) is 0. The van der Waals surface area contributed by atoms with E-state index in [2.05, 4.69) is 0 Å². The number of amides is 1. The van der Waals surface area contributed by atoms with Gasteiger partial charge in [-0.15, -0.1) is 0 Å². The topological polar surface area (TPSA) is 55.6 Å². The molecule has 1 fully saturated rings. The average Bonchev–Trinajstić information content (AvgIpc) is 2.40. The normalized spacial score (nSPS) is 25.6. The van der Waals surface area contributed by atoms with Crippen molar-refractivity contribution in [2.45, 2.75) is 38.8 Å². The summed E-state index contributed by atoms with van der Waals surface area (Å²) in [5.74, 6) is 0.0606. The van der Waals surface area contributed by atoms with Crippen molar-refractivity contribution < 1.29 is 9.53 Å². The Bertz CT molecular complexity index is 197. The van der Waals surface area contributed by atoms with E-state index in [1.807, 2.05) is 18.7 Å². The molecule has 1 heterocycles. The summed E-state index contributed by atoms with van der Waals surface area (Å²) in [6.07, 6.45) is 1.61. The number of hydrogen-bond acceptors (Lipinski definition) is 3. The van der Waals surface area contributed by atoms with Crippen LogP contribution >= 0.6 is 0 Å². The molecule has 1 amide bonds. The van der Waals surface area contributed by atoms with Crippen LogP contribution < -0.4 is 5.73 Å². The van der Waals surface area contributed by atoms with Crippen LogP contribution in [0.2, 0.25) is 0 Å². The van der Waals surface area contributed by atoms with Gasteiger partial charge in [-0.25, -0.2) is 0 Å². The highest BCUT2D eigenvalue weighted by molar-refractivity contribution is 5.81. The monoisotopic (exact) mass is 200 g/mol. The number of nitrogens with two attached hydrogens (primary N) is 1. The fraction of sp³-hybridized carbons (Fsp3) is 0.900. The number of ether oxygens (including phenoxy) is 1. The Labute approximate surface area is 85.4 Å². The second kappa shape index (κ2) is 5.32. The molecule has 0 aliphatic carbocycles. The predicted molar refractivity (Wildman–Crippen MR) is 54.9 cm³/mol. The smallest absolute Gasteiger partial charge is 0.239 e. The molecule has 1 aliphatic heterocycles. The van der Waals surface area contributed by atoms with Gasteiger partial charge < -0.3 is 15.4 Å². The summed E-state index contributed by atoms with van der Waals surface area (Å²) in [6.45, 7) is 6.08. The third-order valence-corrected chi connectivity index (χ3v) is 2.62. The van der Waals surface area contributed by atoms with E-state index < -0.39 is 0 Å². The molecular weight excluding hydrogens is 180 g/mol. The lowest BCUT2D eigenvalue weighted by atomic mass is 10.1. The Morgan fingerprint density at radius 3 is 3.07 bits per heavy atom. The molecule has 1 rings (SSSR count). The molecule has 14 heavy (non-hydrogen) atoms. The molecule has 82 valence electrons. The van der Waals surface area contributed by atoms with E-state index in [-0.39, 0.29) is 18.0 Å². The molecule has 1 aliphatic rings. The lowest BCUT2D eigenvalue weighted by molar-refractivity contribution is -0.134. The minimum absolute atomic E-state index is 0.0606. The molecule has 4 heteroatoms. The standard InChI is InChI=1S/C10H20N2O2/c1-3-9(11)10(13)12-5-4-6-14-7-8(12)2/h8-9H,3-7,11H2,1-2H3. The molecule has 2 atom stereocenters. The summed E-state index contributed by atoms with van der Waals surface area (Å²) >= 11 is 0. The molecule has 0 aromatic heterocycles. The Morgan fingerprint density at radius 2 is 2.43 bits per heavy atom. The van der Waals surface area contributed by atoms with E-state index in [9.17, 15) is 4.79 Å². The van der Waals surface area contributed by atoms with E-state index in [1.54, 1.807) is 0 Å². The van der Waals surface area contributed by atoms with Gasteiger partial charge >= 0.3 is 0 Å². The zero-order valence-corrected chi connectivity index (χ0v) is 9.03. The third kappa shape index (κ3) is 2.69. The van der Waals surface area contributed by atoms with E-state index in [0.29, 0.717) is 13.0 Å². The van der Waals surface area contributed by atoms with Gasteiger partial charge in [0, 0.05) is 13.2 Å². The predicted octanol–water partition coefficient (Wildman–Crippen LogP) is 0.361. The molecule has 0 radical (unpaired) electrons. The first kappa shape index (κ1) is 11.5. The van der Waals surface area contributed by atoms with Crippen molar-refractivity contribution in [1.82, 2.24) is 4.90 Å². The Morgan fingerprint density at radius 1 is 1.71 bits per heavy atom. The fourth-order valence-electron chi connectivity index (χ4n) is 1.62. The van der Waals surface area contributed by atoms with Gasteiger partial charge in [0.25, 0.3) is 0 Å². The van der Waals surface area contributed by atoms with Gasteiger partial charge in [-0.3, -0.25) is 4.79 Å². The summed E-state index contributed by atoms with van der Waals surface area (Å²) in [5, 5.41) is 0. The highest BCUT2D eigenvalue weighted by Crippen LogP contribution is 2.09. The highest BCUT2D eigenvalue weighted by atomic mass is 16.5. The molecular formula is C10H20N2O2. The maximum atomic E-state index is 11.8. The Kier molecular flexibility index (Phi) is 4.35. The number of carbonyl (C=O) groups excluding carboxylic acids is 1. The number of carbonyl (C=O) groups is 1. The second-order valence-electron chi connectivity index (χ2n) is 3.82. The van der Waals surface area contributed by atoms with Gasteiger partial charge in [0.15, 0.2) is 0 Å². The first-order valence-electron chi connectivity index (χ1n) is 5.30. The van der Waals surface area contributed by atoms with E-state index in [4.69, 9.17) is 10.5 Å². The summed E-state index contributed by atoms with van der Waals surface area (Å²) in [6, 6.07) is -0.196. The first-order valence-corrected chi connectivity index (χ1v) is 5.30. The van der Waals surface area contributed by atoms with Crippen LogP contribution in [0, 0.1) is 0 Å². The largest absolute Gasteiger partial charge is 0.379 e.